The van der Waals surface area contributed by atoms with E-state index in [1.54, 1.807) is 24.3 Å². The molecule has 0 aliphatic heterocycles. The second kappa shape index (κ2) is 8.55. The van der Waals surface area contributed by atoms with Crippen molar-refractivity contribution in [3.8, 4) is 0 Å². The minimum absolute atomic E-state index is 0.0617. The van der Waals surface area contributed by atoms with Crippen LogP contribution in [0.2, 0.25) is 0 Å². The van der Waals surface area contributed by atoms with Crippen LogP contribution in [0.4, 0.5) is 0 Å². The molecule has 2 aromatic rings. The lowest BCUT2D eigenvalue weighted by Crippen LogP contribution is -2.25. The first kappa shape index (κ1) is 23.5. The maximum atomic E-state index is 12.9. The summed E-state index contributed by atoms with van der Waals surface area (Å²) in [4.78, 5) is 0.308. The zero-order valence-corrected chi connectivity index (χ0v) is 19.5. The number of nitrogens with one attached hydrogen (secondary N) is 2. The van der Waals surface area contributed by atoms with E-state index in [4.69, 9.17) is 0 Å². The summed E-state index contributed by atoms with van der Waals surface area (Å²) in [5.74, 6) is -0.117. The van der Waals surface area contributed by atoms with Gasteiger partial charge in [0.1, 0.15) is 0 Å². The number of hydrogen-bond acceptors (Lipinski definition) is 4. The molecule has 29 heavy (non-hydrogen) atoms. The molecule has 8 heteroatoms. The molecular weight excluding hydrogens is 408 g/mol. The van der Waals surface area contributed by atoms with E-state index < -0.39 is 20.0 Å². The average Bonchev–Trinajstić information content (AvgIpc) is 2.59. The van der Waals surface area contributed by atoms with Gasteiger partial charge in [-0.3, -0.25) is 0 Å². The van der Waals surface area contributed by atoms with Crippen LogP contribution in [0, 0.1) is 13.8 Å². The van der Waals surface area contributed by atoms with Crippen molar-refractivity contribution in [3.63, 3.8) is 0 Å². The molecule has 0 unspecified atom stereocenters. The molecule has 0 fully saturated rings. The molecule has 0 amide bonds. The fraction of sp³-hybridized carbons (Fsp3) is 0.429. The number of benzene rings is 2. The molecule has 0 aliphatic rings. The van der Waals surface area contributed by atoms with Gasteiger partial charge < -0.3 is 0 Å². The first-order valence-corrected chi connectivity index (χ1v) is 12.5. The minimum Gasteiger partial charge on any atom is -0.218 e. The molecule has 0 radical (unpaired) electrons. The van der Waals surface area contributed by atoms with Gasteiger partial charge in [0.05, 0.1) is 10.6 Å². The Bertz CT molecular complexity index is 1060. The van der Waals surface area contributed by atoms with E-state index in [2.05, 4.69) is 30.2 Å². The number of hydrogen-bond donors (Lipinski definition) is 2. The summed E-state index contributed by atoms with van der Waals surface area (Å²) in [7, 11) is -5.65. The highest BCUT2D eigenvalue weighted by molar-refractivity contribution is 7.89. The lowest BCUT2D eigenvalue weighted by atomic mass is 9.85. The maximum absolute atomic E-state index is 12.9. The Kier molecular flexibility index (Phi) is 6.94. The van der Waals surface area contributed by atoms with E-state index in [9.17, 15) is 16.8 Å². The molecule has 0 aromatic heterocycles. The first-order valence-electron chi connectivity index (χ1n) is 9.35. The van der Waals surface area contributed by atoms with Crippen LogP contribution in [0.15, 0.2) is 41.3 Å². The Morgan fingerprint density at radius 1 is 0.862 bits per heavy atom. The second-order valence-electron chi connectivity index (χ2n) is 8.29. The highest BCUT2D eigenvalue weighted by Crippen LogP contribution is 2.29. The van der Waals surface area contributed by atoms with E-state index in [1.807, 2.05) is 26.0 Å². The maximum Gasteiger partial charge on any atom is 0.241 e. The Balaban J connectivity index is 2.18. The molecule has 2 aromatic carbocycles. The van der Waals surface area contributed by atoms with Crippen molar-refractivity contribution >= 4 is 20.0 Å². The Morgan fingerprint density at radius 2 is 1.34 bits per heavy atom. The third-order valence-electron chi connectivity index (χ3n) is 4.75. The summed E-state index contributed by atoms with van der Waals surface area (Å²) in [5, 5.41) is 0. The van der Waals surface area contributed by atoms with Crippen molar-refractivity contribution in [1.82, 2.24) is 9.44 Å². The van der Waals surface area contributed by atoms with Crippen LogP contribution in [0.1, 0.15) is 48.6 Å². The van der Waals surface area contributed by atoms with Crippen LogP contribution in [0.3, 0.4) is 0 Å². The summed E-state index contributed by atoms with van der Waals surface area (Å²) >= 11 is 0. The Labute approximate surface area is 174 Å². The van der Waals surface area contributed by atoms with Gasteiger partial charge in [0.25, 0.3) is 0 Å². The van der Waals surface area contributed by atoms with Gasteiger partial charge in [0, 0.05) is 6.54 Å². The van der Waals surface area contributed by atoms with E-state index in [1.165, 1.54) is 7.05 Å². The molecule has 2 N–H and O–H groups in total. The van der Waals surface area contributed by atoms with Gasteiger partial charge >= 0.3 is 0 Å². The molecule has 0 aliphatic carbocycles. The predicted molar refractivity (Wildman–Crippen MR) is 117 cm³/mol. The molecule has 0 saturated carbocycles. The van der Waals surface area contributed by atoms with Gasteiger partial charge in [-0.15, -0.1) is 0 Å². The van der Waals surface area contributed by atoms with Crippen molar-refractivity contribution in [1.29, 1.82) is 0 Å². The first-order chi connectivity index (χ1) is 13.2. The van der Waals surface area contributed by atoms with Crippen LogP contribution < -0.4 is 9.44 Å². The van der Waals surface area contributed by atoms with Crippen LogP contribution in [0.25, 0.3) is 0 Å². The van der Waals surface area contributed by atoms with Gasteiger partial charge in [-0.2, -0.15) is 0 Å². The van der Waals surface area contributed by atoms with Crippen molar-refractivity contribution in [2.75, 3.05) is 7.05 Å². The third-order valence-corrected chi connectivity index (χ3v) is 7.79. The van der Waals surface area contributed by atoms with Crippen LogP contribution >= 0.6 is 0 Å². The largest absolute Gasteiger partial charge is 0.241 e. The fourth-order valence-corrected chi connectivity index (χ4v) is 5.34. The standard InChI is InChI=1S/C21H30N2O4S2/c1-15-11-19(21(3,4)5)12-16(2)20(15)29(26,27)23-13-17-7-9-18(10-8-17)14-28(24,25)22-6/h7-12,22-23H,13-14H2,1-6H3. The molecule has 2 rings (SSSR count). The second-order valence-corrected chi connectivity index (χ2v) is 11.9. The summed E-state index contributed by atoms with van der Waals surface area (Å²) in [6.07, 6.45) is 0. The highest BCUT2D eigenvalue weighted by Gasteiger charge is 2.23. The number of rotatable bonds is 7. The predicted octanol–water partition coefficient (Wildman–Crippen LogP) is 3.13. The van der Waals surface area contributed by atoms with Gasteiger partial charge in [-0.1, -0.05) is 57.2 Å². The summed E-state index contributed by atoms with van der Waals surface area (Å²) in [5.41, 5.74) is 3.85. The van der Waals surface area contributed by atoms with Gasteiger partial charge in [0.2, 0.25) is 20.0 Å². The lowest BCUT2D eigenvalue weighted by Gasteiger charge is -2.22. The van der Waals surface area contributed by atoms with Crippen LogP contribution in [-0.2, 0) is 37.8 Å². The van der Waals surface area contributed by atoms with E-state index in [-0.39, 0.29) is 17.7 Å². The summed E-state index contributed by atoms with van der Waals surface area (Å²) in [6, 6.07) is 10.7. The average molecular weight is 439 g/mol. The summed E-state index contributed by atoms with van der Waals surface area (Å²) < 4.78 is 54.0. The molecule has 0 atom stereocenters. The van der Waals surface area contributed by atoms with Crippen LogP contribution in [-0.4, -0.2) is 23.9 Å². The zero-order valence-electron chi connectivity index (χ0n) is 17.8. The van der Waals surface area contributed by atoms with Crippen molar-refractivity contribution in [2.45, 2.75) is 57.2 Å². The van der Waals surface area contributed by atoms with Gasteiger partial charge in [-0.25, -0.2) is 26.3 Å². The molecule has 0 bridgehead atoms. The summed E-state index contributed by atoms with van der Waals surface area (Å²) in [6.45, 7) is 10.0. The quantitative estimate of drug-likeness (QED) is 0.695. The zero-order chi connectivity index (χ0) is 22.0. The van der Waals surface area contributed by atoms with Gasteiger partial charge in [0.15, 0.2) is 0 Å². The Hall–Kier alpha value is -1.74. The normalized spacial score (nSPS) is 12.9. The lowest BCUT2D eigenvalue weighted by molar-refractivity contribution is 0.575. The molecule has 0 heterocycles. The molecule has 0 spiro atoms. The number of aryl methyl sites for hydroxylation is 2. The molecular formula is C21H30N2O4S2. The van der Waals surface area contributed by atoms with E-state index in [0.29, 0.717) is 10.5 Å². The highest BCUT2D eigenvalue weighted by atomic mass is 32.2. The SMILES string of the molecule is CNS(=O)(=O)Cc1ccc(CNS(=O)(=O)c2c(C)cc(C(C)(C)C)cc2C)cc1. The van der Waals surface area contributed by atoms with E-state index in [0.717, 1.165) is 22.3 Å². The molecule has 0 saturated heterocycles. The third kappa shape index (κ3) is 6.12. The van der Waals surface area contributed by atoms with Crippen LogP contribution in [0.5, 0.6) is 0 Å². The number of sulfonamides is 2. The van der Waals surface area contributed by atoms with Crippen molar-refractivity contribution in [2.24, 2.45) is 0 Å². The van der Waals surface area contributed by atoms with Crippen molar-refractivity contribution in [3.05, 3.63) is 64.2 Å². The Morgan fingerprint density at radius 3 is 1.79 bits per heavy atom. The smallest absolute Gasteiger partial charge is 0.218 e. The fourth-order valence-electron chi connectivity index (χ4n) is 3.10. The van der Waals surface area contributed by atoms with E-state index >= 15 is 0 Å². The molecule has 6 nitrogen and oxygen atoms in total. The van der Waals surface area contributed by atoms with Crippen molar-refractivity contribution < 1.29 is 16.8 Å². The molecule has 160 valence electrons. The topological polar surface area (TPSA) is 92.3 Å². The minimum atomic E-state index is -3.68. The van der Waals surface area contributed by atoms with Gasteiger partial charge in [-0.05, 0) is 54.1 Å². The monoisotopic (exact) mass is 438 g/mol.